The number of amides is 1. The van der Waals surface area contributed by atoms with Crippen molar-refractivity contribution < 1.29 is 24.5 Å². The van der Waals surface area contributed by atoms with Crippen LogP contribution < -0.4 is 5.32 Å². The van der Waals surface area contributed by atoms with E-state index in [0.29, 0.717) is 25.9 Å². The Bertz CT molecular complexity index is 1360. The number of hydrogen-bond donors (Lipinski definition) is 3. The van der Waals surface area contributed by atoms with Crippen LogP contribution in [0, 0.1) is 0 Å². The van der Waals surface area contributed by atoms with Crippen LogP contribution in [0.15, 0.2) is 24.3 Å². The number of aliphatic hydroxyl groups excluding tert-OH is 2. The van der Waals surface area contributed by atoms with Crippen LogP contribution in [0.2, 0.25) is 0 Å². The number of ether oxygens (including phenoxy) is 1. The van der Waals surface area contributed by atoms with Crippen molar-refractivity contribution in [1.82, 2.24) is 5.32 Å². The Hall–Kier alpha value is -1.66. The Labute approximate surface area is 545 Å². The molecule has 1 amide bonds. The maximum absolute atomic E-state index is 12.6. The van der Waals surface area contributed by atoms with Gasteiger partial charge in [0.2, 0.25) is 5.91 Å². The second kappa shape index (κ2) is 76.8. The van der Waals surface area contributed by atoms with Gasteiger partial charge in [-0.3, -0.25) is 9.59 Å². The molecule has 0 aromatic rings. The molecule has 0 aromatic carbocycles. The lowest BCUT2D eigenvalue weighted by Gasteiger charge is -2.22. The molecule has 87 heavy (non-hydrogen) atoms. The van der Waals surface area contributed by atoms with Crippen molar-refractivity contribution in [2.24, 2.45) is 0 Å². The van der Waals surface area contributed by atoms with Crippen molar-refractivity contribution in [3.05, 3.63) is 24.3 Å². The zero-order valence-electron chi connectivity index (χ0n) is 59.3. The minimum absolute atomic E-state index is 0.0109. The Morgan fingerprint density at radius 1 is 0.310 bits per heavy atom. The average molecular weight is 1230 g/mol. The number of allylic oxidation sites excluding steroid dienone is 4. The predicted octanol–water partition coefficient (Wildman–Crippen LogP) is 26.4. The molecular weight excluding hydrogens is 1070 g/mol. The summed E-state index contributed by atoms with van der Waals surface area (Å²) in [4.78, 5) is 24.7. The van der Waals surface area contributed by atoms with E-state index in [1.165, 1.54) is 379 Å². The van der Waals surface area contributed by atoms with Crippen LogP contribution >= 0.6 is 0 Å². The standard InChI is InChI=1S/C81H157NO5/c1-3-5-7-9-11-13-15-17-19-21-22-23-24-33-36-39-42-45-49-53-57-61-65-69-73-79(84)78(77-83)82-80(85)74-70-66-62-58-54-50-46-43-40-37-34-31-29-27-25-26-28-30-32-35-38-41-44-48-52-56-60-64-68-72-76-87-81(86)75-71-67-63-59-55-51-47-20-18-16-14-12-10-8-6-4-2/h20,26,28,47,78-79,83-84H,3-19,21-25,27,29-46,48-77H2,1-2H3,(H,82,85)/b28-26-,47-20-. The Kier molecular flexibility index (Phi) is 75.3. The maximum Gasteiger partial charge on any atom is 0.305 e. The topological polar surface area (TPSA) is 95.9 Å². The molecule has 0 aromatic heterocycles. The summed E-state index contributed by atoms with van der Waals surface area (Å²) >= 11 is 0. The third-order valence-corrected chi connectivity index (χ3v) is 19.0. The average Bonchev–Trinajstić information content (AvgIpc) is 3.53. The molecular formula is C81H157NO5. The van der Waals surface area contributed by atoms with Crippen molar-refractivity contribution in [3.63, 3.8) is 0 Å². The first kappa shape index (κ1) is 85.3. The van der Waals surface area contributed by atoms with Crippen molar-refractivity contribution >= 4 is 11.9 Å². The molecule has 6 heteroatoms. The van der Waals surface area contributed by atoms with E-state index >= 15 is 0 Å². The van der Waals surface area contributed by atoms with Gasteiger partial charge in [0.15, 0.2) is 0 Å². The SMILES string of the molecule is CCCCCCCCC/C=C\CCCCCCCC(=O)OCCCCCCCCCCCCCC/C=C\CCCCCCCCCCCCCCCCC(=O)NC(CO)C(O)CCCCCCCCCCCCCCCCCCCCCCCCCC. The van der Waals surface area contributed by atoms with Crippen LogP contribution in [0.3, 0.4) is 0 Å². The fourth-order valence-electron chi connectivity index (χ4n) is 12.9. The lowest BCUT2D eigenvalue weighted by atomic mass is 10.0. The summed E-state index contributed by atoms with van der Waals surface area (Å²) in [6.45, 7) is 5.00. The molecule has 2 unspecified atom stereocenters. The van der Waals surface area contributed by atoms with E-state index in [2.05, 4.69) is 43.5 Å². The van der Waals surface area contributed by atoms with E-state index in [-0.39, 0.29) is 18.5 Å². The number of esters is 1. The highest BCUT2D eigenvalue weighted by molar-refractivity contribution is 5.76. The summed E-state index contributed by atoms with van der Waals surface area (Å²) in [5.41, 5.74) is 0. The van der Waals surface area contributed by atoms with Crippen LogP contribution in [0.1, 0.15) is 457 Å². The maximum atomic E-state index is 12.6. The Morgan fingerprint density at radius 3 is 0.816 bits per heavy atom. The first-order valence-corrected chi connectivity index (χ1v) is 40.1. The number of hydrogen-bond acceptors (Lipinski definition) is 5. The summed E-state index contributed by atoms with van der Waals surface area (Å²) in [5.74, 6) is -0.0169. The molecule has 3 N–H and O–H groups in total. The third-order valence-electron chi connectivity index (χ3n) is 19.0. The fraction of sp³-hybridized carbons (Fsp3) is 0.926. The summed E-state index contributed by atoms with van der Waals surface area (Å²) in [7, 11) is 0. The molecule has 0 fully saturated rings. The van der Waals surface area contributed by atoms with Gasteiger partial charge in [0.1, 0.15) is 0 Å². The zero-order valence-corrected chi connectivity index (χ0v) is 59.3. The first-order chi connectivity index (χ1) is 43.0. The molecule has 516 valence electrons. The molecule has 0 spiro atoms. The van der Waals surface area contributed by atoms with Crippen LogP contribution in [0.25, 0.3) is 0 Å². The van der Waals surface area contributed by atoms with Gasteiger partial charge in [0, 0.05) is 12.8 Å². The monoisotopic (exact) mass is 1220 g/mol. The summed E-state index contributed by atoms with van der Waals surface area (Å²) in [6.07, 6.45) is 98.4. The lowest BCUT2D eigenvalue weighted by molar-refractivity contribution is -0.143. The van der Waals surface area contributed by atoms with Crippen molar-refractivity contribution in [3.8, 4) is 0 Å². The smallest absolute Gasteiger partial charge is 0.305 e. The number of carbonyl (C=O) groups is 2. The molecule has 0 radical (unpaired) electrons. The predicted molar refractivity (Wildman–Crippen MR) is 384 cm³/mol. The summed E-state index contributed by atoms with van der Waals surface area (Å²) in [6, 6.07) is -0.542. The number of aliphatic hydroxyl groups is 2. The lowest BCUT2D eigenvalue weighted by Crippen LogP contribution is -2.45. The van der Waals surface area contributed by atoms with Gasteiger partial charge in [-0.1, -0.05) is 391 Å². The van der Waals surface area contributed by atoms with Crippen LogP contribution in [0.5, 0.6) is 0 Å². The zero-order chi connectivity index (χ0) is 62.8. The van der Waals surface area contributed by atoms with E-state index in [1.54, 1.807) is 0 Å². The molecule has 0 aliphatic carbocycles. The molecule has 0 rings (SSSR count). The molecule has 0 aliphatic rings. The van der Waals surface area contributed by atoms with Crippen molar-refractivity contribution in [1.29, 1.82) is 0 Å². The number of carbonyl (C=O) groups excluding carboxylic acids is 2. The fourth-order valence-corrected chi connectivity index (χ4v) is 12.9. The van der Waals surface area contributed by atoms with E-state index in [9.17, 15) is 19.8 Å². The molecule has 2 atom stereocenters. The number of nitrogens with one attached hydrogen (secondary N) is 1. The van der Waals surface area contributed by atoms with Crippen LogP contribution in [-0.4, -0.2) is 47.4 Å². The molecule has 0 heterocycles. The number of unbranched alkanes of at least 4 members (excludes halogenated alkanes) is 61. The van der Waals surface area contributed by atoms with E-state index in [0.717, 1.165) is 44.9 Å². The molecule has 0 bridgehead atoms. The highest BCUT2D eigenvalue weighted by Gasteiger charge is 2.20. The van der Waals surface area contributed by atoms with Gasteiger partial charge in [0.25, 0.3) is 0 Å². The summed E-state index contributed by atoms with van der Waals surface area (Å²) in [5, 5.41) is 23.5. The minimum atomic E-state index is -0.665. The van der Waals surface area contributed by atoms with Gasteiger partial charge < -0.3 is 20.3 Å². The Morgan fingerprint density at radius 2 is 0.540 bits per heavy atom. The highest BCUT2D eigenvalue weighted by atomic mass is 16.5. The highest BCUT2D eigenvalue weighted by Crippen LogP contribution is 2.20. The normalized spacial score (nSPS) is 12.6. The first-order valence-electron chi connectivity index (χ1n) is 40.1. The largest absolute Gasteiger partial charge is 0.466 e. The number of rotatable bonds is 76. The summed E-state index contributed by atoms with van der Waals surface area (Å²) < 4.78 is 5.50. The van der Waals surface area contributed by atoms with Gasteiger partial charge >= 0.3 is 5.97 Å². The van der Waals surface area contributed by atoms with Crippen LogP contribution in [-0.2, 0) is 14.3 Å². The van der Waals surface area contributed by atoms with Gasteiger partial charge in [-0.15, -0.1) is 0 Å². The quantitative estimate of drug-likeness (QED) is 0.0320. The van der Waals surface area contributed by atoms with Crippen LogP contribution in [0.4, 0.5) is 0 Å². The molecule has 6 nitrogen and oxygen atoms in total. The third kappa shape index (κ3) is 73.3. The minimum Gasteiger partial charge on any atom is -0.466 e. The van der Waals surface area contributed by atoms with Gasteiger partial charge in [-0.25, -0.2) is 0 Å². The second-order valence-corrected chi connectivity index (χ2v) is 27.7. The molecule has 0 saturated carbocycles. The van der Waals surface area contributed by atoms with Gasteiger partial charge in [-0.05, 0) is 77.0 Å². The van der Waals surface area contributed by atoms with E-state index < -0.39 is 12.1 Å². The van der Waals surface area contributed by atoms with Crippen molar-refractivity contribution in [2.75, 3.05) is 13.2 Å². The van der Waals surface area contributed by atoms with E-state index in [1.807, 2.05) is 0 Å². The van der Waals surface area contributed by atoms with Gasteiger partial charge in [0.05, 0.1) is 25.4 Å². The molecule has 0 aliphatic heterocycles. The van der Waals surface area contributed by atoms with Crippen molar-refractivity contribution in [2.45, 2.75) is 469 Å². The Balaban J connectivity index is 3.36. The van der Waals surface area contributed by atoms with E-state index in [4.69, 9.17) is 4.74 Å². The van der Waals surface area contributed by atoms with Gasteiger partial charge in [-0.2, -0.15) is 0 Å². The second-order valence-electron chi connectivity index (χ2n) is 27.7. The molecule has 0 saturated heterocycles.